The second-order valence-electron chi connectivity index (χ2n) is 5.89. The molecule has 1 aliphatic rings. The fourth-order valence-corrected chi connectivity index (χ4v) is 2.98. The van der Waals surface area contributed by atoms with E-state index in [4.69, 9.17) is 0 Å². The molecule has 0 aliphatic carbocycles. The van der Waals surface area contributed by atoms with Crippen LogP contribution in [0.3, 0.4) is 0 Å². The van der Waals surface area contributed by atoms with Crippen LogP contribution < -0.4 is 5.69 Å². The fraction of sp³-hybridized carbons (Fsp3) is 0.267. The van der Waals surface area contributed by atoms with Gasteiger partial charge in [0.05, 0.1) is 11.4 Å². The predicted molar refractivity (Wildman–Crippen MR) is 80.7 cm³/mol. The number of halogens is 2. The van der Waals surface area contributed by atoms with Crippen molar-refractivity contribution in [3.63, 3.8) is 0 Å². The first kappa shape index (κ1) is 14.6. The molecule has 1 fully saturated rings. The van der Waals surface area contributed by atoms with Gasteiger partial charge < -0.3 is 9.88 Å². The van der Waals surface area contributed by atoms with E-state index >= 15 is 0 Å². The van der Waals surface area contributed by atoms with E-state index in [-0.39, 0.29) is 28.7 Å². The second-order valence-corrected chi connectivity index (χ2v) is 5.89. The van der Waals surface area contributed by atoms with Crippen LogP contribution in [0.4, 0.5) is 8.78 Å². The van der Waals surface area contributed by atoms with Crippen molar-refractivity contribution in [2.45, 2.75) is 5.92 Å². The van der Waals surface area contributed by atoms with Crippen LogP contribution >= 0.6 is 0 Å². The molecular weight excluding hydrogens is 320 g/mol. The van der Waals surface area contributed by atoms with Crippen LogP contribution in [0.1, 0.15) is 22.2 Å². The number of aromatic amines is 2. The van der Waals surface area contributed by atoms with Gasteiger partial charge in [-0.05, 0) is 12.1 Å². The van der Waals surface area contributed by atoms with Gasteiger partial charge in [0.15, 0.2) is 0 Å². The van der Waals surface area contributed by atoms with Crippen molar-refractivity contribution < 1.29 is 13.6 Å². The van der Waals surface area contributed by atoms with Crippen LogP contribution in [0.15, 0.2) is 23.0 Å². The minimum atomic E-state index is -0.739. The Labute approximate surface area is 133 Å². The Morgan fingerprint density at radius 3 is 2.71 bits per heavy atom. The van der Waals surface area contributed by atoms with Crippen LogP contribution in [0.2, 0.25) is 0 Å². The first-order chi connectivity index (χ1) is 11.4. The summed E-state index contributed by atoms with van der Waals surface area (Å²) < 4.78 is 28.4. The van der Waals surface area contributed by atoms with E-state index in [2.05, 4.69) is 15.2 Å². The zero-order chi connectivity index (χ0) is 17.0. The Bertz CT molecular complexity index is 1010. The molecule has 0 unspecified atom stereocenters. The number of aromatic nitrogens is 4. The molecule has 24 heavy (non-hydrogen) atoms. The summed E-state index contributed by atoms with van der Waals surface area (Å²) >= 11 is 0. The van der Waals surface area contributed by atoms with Crippen molar-refractivity contribution >= 4 is 16.8 Å². The zero-order valence-corrected chi connectivity index (χ0v) is 12.6. The van der Waals surface area contributed by atoms with Crippen molar-refractivity contribution in [2.75, 3.05) is 13.1 Å². The monoisotopic (exact) mass is 333 g/mol. The molecule has 7 nitrogen and oxygen atoms in total. The molecule has 1 aliphatic heterocycles. The highest BCUT2D eigenvalue weighted by Crippen LogP contribution is 2.27. The van der Waals surface area contributed by atoms with Gasteiger partial charge in [0.2, 0.25) is 0 Å². The van der Waals surface area contributed by atoms with E-state index in [0.717, 1.165) is 6.07 Å². The van der Waals surface area contributed by atoms with Crippen LogP contribution in [-0.2, 0) is 7.05 Å². The Morgan fingerprint density at radius 2 is 2.04 bits per heavy atom. The average Bonchev–Trinajstić information content (AvgIpc) is 3.04. The van der Waals surface area contributed by atoms with Crippen LogP contribution in [0, 0.1) is 11.6 Å². The number of nitrogens with one attached hydrogen (secondary N) is 2. The normalized spacial score (nSPS) is 15.0. The average molecular weight is 333 g/mol. The molecule has 124 valence electrons. The first-order valence-corrected chi connectivity index (χ1v) is 7.32. The summed E-state index contributed by atoms with van der Waals surface area (Å²) in [7, 11) is 1.61. The van der Waals surface area contributed by atoms with Crippen molar-refractivity contribution in [2.24, 2.45) is 7.05 Å². The van der Waals surface area contributed by atoms with Gasteiger partial charge in [-0.2, -0.15) is 5.10 Å². The van der Waals surface area contributed by atoms with E-state index in [9.17, 15) is 18.4 Å². The molecule has 0 saturated carbocycles. The van der Waals surface area contributed by atoms with Gasteiger partial charge in [0.1, 0.15) is 23.2 Å². The molecule has 3 heterocycles. The van der Waals surface area contributed by atoms with Crippen LogP contribution in [0.5, 0.6) is 0 Å². The highest BCUT2D eigenvalue weighted by molar-refractivity contribution is 5.98. The fourth-order valence-electron chi connectivity index (χ4n) is 2.98. The summed E-state index contributed by atoms with van der Waals surface area (Å²) in [5, 5.41) is 6.62. The number of nitrogens with zero attached hydrogens (tertiary/aromatic N) is 3. The third kappa shape index (κ3) is 2.12. The molecule has 0 bridgehead atoms. The first-order valence-electron chi connectivity index (χ1n) is 7.32. The number of carbonyl (C=O) groups is 1. The number of carbonyl (C=O) groups excluding carboxylic acids is 1. The lowest BCUT2D eigenvalue weighted by molar-refractivity contribution is 0.0586. The number of amides is 1. The lowest BCUT2D eigenvalue weighted by Crippen LogP contribution is -2.49. The molecule has 2 N–H and O–H groups in total. The molecule has 2 aromatic heterocycles. The number of fused-ring (bicyclic) bond motifs is 1. The van der Waals surface area contributed by atoms with E-state index < -0.39 is 11.6 Å². The van der Waals surface area contributed by atoms with E-state index in [0.29, 0.717) is 24.3 Å². The Morgan fingerprint density at radius 1 is 1.29 bits per heavy atom. The maximum atomic E-state index is 13.7. The zero-order valence-electron chi connectivity index (χ0n) is 12.6. The number of likely N-dealkylation sites (tertiary alicyclic amines) is 1. The highest BCUT2D eigenvalue weighted by Gasteiger charge is 2.35. The van der Waals surface area contributed by atoms with Gasteiger partial charge in [0, 0.05) is 31.6 Å². The summed E-state index contributed by atoms with van der Waals surface area (Å²) in [4.78, 5) is 28.1. The van der Waals surface area contributed by atoms with Gasteiger partial charge >= 0.3 is 5.69 Å². The molecule has 0 atom stereocenters. The van der Waals surface area contributed by atoms with Crippen molar-refractivity contribution in [1.29, 1.82) is 0 Å². The van der Waals surface area contributed by atoms with Crippen LogP contribution in [0.25, 0.3) is 10.9 Å². The minimum absolute atomic E-state index is 0.0311. The molecule has 1 amide bonds. The van der Waals surface area contributed by atoms with Gasteiger partial charge in [-0.25, -0.2) is 18.7 Å². The molecule has 0 spiro atoms. The van der Waals surface area contributed by atoms with Crippen molar-refractivity contribution in [1.82, 2.24) is 24.6 Å². The summed E-state index contributed by atoms with van der Waals surface area (Å²) in [6, 6.07) is 3.37. The summed E-state index contributed by atoms with van der Waals surface area (Å²) in [5.41, 5.74) is -0.00159. The number of benzene rings is 1. The quantitative estimate of drug-likeness (QED) is 0.736. The van der Waals surface area contributed by atoms with Gasteiger partial charge in [-0.15, -0.1) is 0 Å². The number of hydrogen-bond acceptors (Lipinski definition) is 3. The minimum Gasteiger partial charge on any atom is -0.348 e. The largest absolute Gasteiger partial charge is 0.348 e. The second kappa shape index (κ2) is 5.02. The molecule has 0 radical (unpaired) electrons. The van der Waals surface area contributed by atoms with Crippen LogP contribution in [-0.4, -0.2) is 43.6 Å². The number of hydrogen-bond donors (Lipinski definition) is 2. The molecule has 3 aromatic rings. The van der Waals surface area contributed by atoms with Crippen molar-refractivity contribution in [3.05, 3.63) is 51.8 Å². The van der Waals surface area contributed by atoms with Crippen molar-refractivity contribution in [3.8, 4) is 0 Å². The molecule has 1 saturated heterocycles. The van der Waals surface area contributed by atoms with Gasteiger partial charge in [-0.3, -0.25) is 9.36 Å². The number of rotatable bonds is 2. The van der Waals surface area contributed by atoms with E-state index in [1.807, 2.05) is 0 Å². The molecular formula is C15H13F2N5O2. The smallest absolute Gasteiger partial charge is 0.343 e. The van der Waals surface area contributed by atoms with Gasteiger partial charge in [0.25, 0.3) is 5.91 Å². The Hall–Kier alpha value is -2.97. The summed E-state index contributed by atoms with van der Waals surface area (Å²) in [6.45, 7) is 0.812. The van der Waals surface area contributed by atoms with E-state index in [1.54, 1.807) is 11.9 Å². The molecule has 9 heteroatoms. The lowest BCUT2D eigenvalue weighted by atomic mass is 9.99. The number of H-pyrrole nitrogens is 2. The third-order valence-electron chi connectivity index (χ3n) is 4.32. The topological polar surface area (TPSA) is 86.8 Å². The Kier molecular flexibility index (Phi) is 3.05. The van der Waals surface area contributed by atoms with E-state index in [1.165, 1.54) is 16.7 Å². The molecule has 4 rings (SSSR count). The lowest BCUT2D eigenvalue weighted by Gasteiger charge is -2.38. The highest BCUT2D eigenvalue weighted by atomic mass is 19.1. The predicted octanol–water partition coefficient (Wildman–Crippen LogP) is 1.11. The standard InChI is InChI=1S/C15H13F2N5O2/c1-21-13(19-20-15(21)24)8-5-22(6-8)14(23)11-3-7-2-9(16)4-10(17)12(7)18-11/h2-4,8,18H,5-6H2,1H3,(H,20,24). The third-order valence-corrected chi connectivity index (χ3v) is 4.32. The van der Waals surface area contributed by atoms with Gasteiger partial charge in [-0.1, -0.05) is 0 Å². The SMILES string of the molecule is Cn1c(C2CN(C(=O)c3cc4cc(F)cc(F)c4[nH]3)C2)n[nH]c1=O. The maximum absolute atomic E-state index is 13.7. The summed E-state index contributed by atoms with van der Waals surface area (Å²) in [6.07, 6.45) is 0. The summed E-state index contributed by atoms with van der Waals surface area (Å²) in [5.74, 6) is -1.17. The Balaban J connectivity index is 1.54. The maximum Gasteiger partial charge on any atom is 0.343 e. The molecule has 1 aromatic carbocycles.